The van der Waals surface area contributed by atoms with Crippen LogP contribution in [0.2, 0.25) is 5.02 Å². The van der Waals surface area contributed by atoms with E-state index in [0.717, 1.165) is 16.9 Å². The molecule has 0 spiro atoms. The van der Waals surface area contributed by atoms with E-state index in [9.17, 15) is 0 Å². The molecule has 18 heavy (non-hydrogen) atoms. The van der Waals surface area contributed by atoms with Crippen LogP contribution < -0.4 is 4.74 Å². The molecule has 0 saturated heterocycles. The zero-order valence-electron chi connectivity index (χ0n) is 10.1. The second-order valence-corrected chi connectivity index (χ2v) is 4.30. The highest BCUT2D eigenvalue weighted by Gasteiger charge is 1.98. The molecule has 0 fully saturated rings. The van der Waals surface area contributed by atoms with Crippen molar-refractivity contribution >= 4 is 11.6 Å². The minimum Gasteiger partial charge on any atom is -0.481 e. The summed E-state index contributed by atoms with van der Waals surface area (Å²) in [4.78, 5) is 0. The van der Waals surface area contributed by atoms with Gasteiger partial charge in [-0.2, -0.15) is 0 Å². The quantitative estimate of drug-likeness (QED) is 0.736. The van der Waals surface area contributed by atoms with E-state index in [1.165, 1.54) is 0 Å². The first-order chi connectivity index (χ1) is 8.75. The highest BCUT2D eigenvalue weighted by Crippen LogP contribution is 2.22. The second-order valence-electron chi connectivity index (χ2n) is 3.87. The van der Waals surface area contributed by atoms with Crippen molar-refractivity contribution in [2.45, 2.75) is 6.92 Å². The Balaban J connectivity index is 1.97. The predicted octanol–water partition coefficient (Wildman–Crippen LogP) is 4.08. The van der Waals surface area contributed by atoms with Crippen LogP contribution in [-0.4, -0.2) is 6.61 Å². The van der Waals surface area contributed by atoms with Gasteiger partial charge in [-0.25, -0.2) is 0 Å². The van der Waals surface area contributed by atoms with Gasteiger partial charge in [-0.1, -0.05) is 47.7 Å². The second kappa shape index (κ2) is 6.14. The molecule has 0 unspecified atom stereocenters. The summed E-state index contributed by atoms with van der Waals surface area (Å²) in [5.74, 6) is 6.80. The molecule has 0 aromatic heterocycles. The van der Waals surface area contributed by atoms with E-state index in [0.29, 0.717) is 11.6 Å². The van der Waals surface area contributed by atoms with Crippen LogP contribution >= 0.6 is 11.6 Å². The van der Waals surface area contributed by atoms with Crippen LogP contribution in [0.1, 0.15) is 11.1 Å². The summed E-state index contributed by atoms with van der Waals surface area (Å²) in [7, 11) is 0. The van der Waals surface area contributed by atoms with Crippen molar-refractivity contribution in [2.24, 2.45) is 0 Å². The Bertz CT molecular complexity index is 579. The van der Waals surface area contributed by atoms with Gasteiger partial charge in [0, 0.05) is 10.6 Å². The van der Waals surface area contributed by atoms with Crippen molar-refractivity contribution in [3.63, 3.8) is 0 Å². The number of aryl methyl sites for hydroxylation is 1. The lowest BCUT2D eigenvalue weighted by molar-refractivity contribution is 0.367. The molecule has 90 valence electrons. The van der Waals surface area contributed by atoms with E-state index >= 15 is 0 Å². The molecule has 0 aliphatic heterocycles. The monoisotopic (exact) mass is 256 g/mol. The summed E-state index contributed by atoms with van der Waals surface area (Å²) in [6, 6.07) is 15.4. The van der Waals surface area contributed by atoms with E-state index in [1.807, 2.05) is 49.4 Å². The Morgan fingerprint density at radius 1 is 1.11 bits per heavy atom. The maximum absolute atomic E-state index is 5.91. The van der Waals surface area contributed by atoms with Crippen LogP contribution in [0.5, 0.6) is 5.75 Å². The third-order valence-electron chi connectivity index (χ3n) is 2.46. The number of ether oxygens (including phenoxy) is 1. The lowest BCUT2D eigenvalue weighted by atomic mass is 10.2. The van der Waals surface area contributed by atoms with Crippen LogP contribution in [0.4, 0.5) is 0 Å². The van der Waals surface area contributed by atoms with Crippen molar-refractivity contribution in [3.05, 3.63) is 64.7 Å². The van der Waals surface area contributed by atoms with Gasteiger partial charge in [-0.15, -0.1) is 0 Å². The predicted molar refractivity (Wildman–Crippen MR) is 75.0 cm³/mol. The number of rotatable bonds is 2. The molecule has 2 rings (SSSR count). The molecule has 0 aliphatic carbocycles. The SMILES string of the molecule is Cc1ccc(Cl)cc1OCC#Cc1ccccc1. The lowest BCUT2D eigenvalue weighted by Gasteiger charge is -2.05. The lowest BCUT2D eigenvalue weighted by Crippen LogP contribution is -1.95. The molecule has 2 aromatic carbocycles. The highest BCUT2D eigenvalue weighted by molar-refractivity contribution is 6.30. The summed E-state index contributed by atoms with van der Waals surface area (Å²) >= 11 is 5.91. The molecule has 0 radical (unpaired) electrons. The minimum absolute atomic E-state index is 0.357. The van der Waals surface area contributed by atoms with Crippen LogP contribution in [0.15, 0.2) is 48.5 Å². The summed E-state index contributed by atoms with van der Waals surface area (Å²) in [6.45, 7) is 2.34. The van der Waals surface area contributed by atoms with E-state index in [2.05, 4.69) is 11.8 Å². The Morgan fingerprint density at radius 3 is 2.67 bits per heavy atom. The minimum atomic E-state index is 0.357. The number of hydrogen-bond acceptors (Lipinski definition) is 1. The average Bonchev–Trinajstić information content (AvgIpc) is 2.40. The molecule has 0 saturated carbocycles. The molecular weight excluding hydrogens is 244 g/mol. The van der Waals surface area contributed by atoms with Gasteiger partial charge in [0.05, 0.1) is 0 Å². The molecule has 2 heteroatoms. The van der Waals surface area contributed by atoms with Crippen LogP contribution in [-0.2, 0) is 0 Å². The van der Waals surface area contributed by atoms with Gasteiger partial charge < -0.3 is 4.74 Å². The number of halogens is 1. The first kappa shape index (κ1) is 12.5. The maximum atomic E-state index is 5.91. The Hall–Kier alpha value is -1.91. The fraction of sp³-hybridized carbons (Fsp3) is 0.125. The van der Waals surface area contributed by atoms with E-state index < -0.39 is 0 Å². The van der Waals surface area contributed by atoms with Crippen molar-refractivity contribution < 1.29 is 4.74 Å². The van der Waals surface area contributed by atoms with Crippen molar-refractivity contribution in [2.75, 3.05) is 6.61 Å². The van der Waals surface area contributed by atoms with Crippen LogP contribution in [0, 0.1) is 18.8 Å². The van der Waals surface area contributed by atoms with Gasteiger partial charge in [0.2, 0.25) is 0 Å². The molecule has 1 nitrogen and oxygen atoms in total. The Kier molecular flexibility index (Phi) is 4.28. The summed E-state index contributed by atoms with van der Waals surface area (Å²) in [6.07, 6.45) is 0. The molecule has 0 amide bonds. The average molecular weight is 257 g/mol. The van der Waals surface area contributed by atoms with Gasteiger partial charge in [0.15, 0.2) is 0 Å². The third kappa shape index (κ3) is 3.55. The van der Waals surface area contributed by atoms with Crippen molar-refractivity contribution in [1.29, 1.82) is 0 Å². The summed E-state index contributed by atoms with van der Waals surface area (Å²) in [5, 5.41) is 0.673. The first-order valence-electron chi connectivity index (χ1n) is 5.68. The van der Waals surface area contributed by atoms with Gasteiger partial charge in [-0.3, -0.25) is 0 Å². The molecule has 0 bridgehead atoms. The van der Waals surface area contributed by atoms with Gasteiger partial charge in [0.1, 0.15) is 12.4 Å². The smallest absolute Gasteiger partial charge is 0.149 e. The topological polar surface area (TPSA) is 9.23 Å². The van der Waals surface area contributed by atoms with Gasteiger partial charge >= 0.3 is 0 Å². The van der Waals surface area contributed by atoms with Gasteiger partial charge in [0.25, 0.3) is 0 Å². The summed E-state index contributed by atoms with van der Waals surface area (Å²) in [5.41, 5.74) is 2.05. The van der Waals surface area contributed by atoms with E-state index in [1.54, 1.807) is 6.07 Å². The fourth-order valence-corrected chi connectivity index (χ4v) is 1.66. The Morgan fingerprint density at radius 2 is 1.89 bits per heavy atom. The molecule has 0 heterocycles. The zero-order chi connectivity index (χ0) is 12.8. The fourth-order valence-electron chi connectivity index (χ4n) is 1.50. The maximum Gasteiger partial charge on any atom is 0.149 e. The van der Waals surface area contributed by atoms with Crippen molar-refractivity contribution in [1.82, 2.24) is 0 Å². The summed E-state index contributed by atoms with van der Waals surface area (Å²) < 4.78 is 5.58. The molecule has 0 aliphatic rings. The molecule has 0 N–H and O–H groups in total. The number of hydrogen-bond donors (Lipinski definition) is 0. The molecule has 0 atom stereocenters. The highest BCUT2D eigenvalue weighted by atomic mass is 35.5. The largest absolute Gasteiger partial charge is 0.481 e. The molecule has 2 aromatic rings. The Labute approximate surface area is 112 Å². The third-order valence-corrected chi connectivity index (χ3v) is 2.69. The van der Waals surface area contributed by atoms with E-state index in [4.69, 9.17) is 16.3 Å². The van der Waals surface area contributed by atoms with Crippen molar-refractivity contribution in [3.8, 4) is 17.6 Å². The first-order valence-corrected chi connectivity index (χ1v) is 6.06. The van der Waals surface area contributed by atoms with Gasteiger partial charge in [-0.05, 0) is 36.8 Å². The molecular formula is C16H13ClO. The normalized spacial score (nSPS) is 9.44. The standard InChI is InChI=1S/C16H13ClO/c1-13-9-10-15(17)12-16(13)18-11-5-8-14-6-3-2-4-7-14/h2-4,6-7,9-10,12H,11H2,1H3. The van der Waals surface area contributed by atoms with Crippen LogP contribution in [0.3, 0.4) is 0 Å². The number of benzene rings is 2. The van der Waals surface area contributed by atoms with E-state index in [-0.39, 0.29) is 0 Å². The zero-order valence-corrected chi connectivity index (χ0v) is 10.9. The van der Waals surface area contributed by atoms with Crippen LogP contribution in [0.25, 0.3) is 0 Å².